The summed E-state index contributed by atoms with van der Waals surface area (Å²) in [6.45, 7) is 7.94. The van der Waals surface area contributed by atoms with E-state index in [0.717, 1.165) is 44.8 Å². The minimum absolute atomic E-state index is 0.113. The number of hydrogen-bond donors (Lipinski definition) is 4. The van der Waals surface area contributed by atoms with Gasteiger partial charge in [0.25, 0.3) is 20.2 Å². The molecule has 10 heteroatoms. The van der Waals surface area contributed by atoms with Crippen molar-refractivity contribution in [3.63, 3.8) is 0 Å². The van der Waals surface area contributed by atoms with Gasteiger partial charge in [-0.2, -0.15) is 16.8 Å². The summed E-state index contributed by atoms with van der Waals surface area (Å²) in [6.07, 6.45) is 0. The molecule has 0 radical (unpaired) electrons. The predicted octanol–water partition coefficient (Wildman–Crippen LogP) is 3.19. The van der Waals surface area contributed by atoms with Gasteiger partial charge < -0.3 is 10.6 Å². The Kier molecular flexibility index (Phi) is 7.51. The van der Waals surface area contributed by atoms with Gasteiger partial charge in [-0.1, -0.05) is 0 Å². The van der Waals surface area contributed by atoms with Crippen LogP contribution in [-0.4, -0.2) is 50.5 Å². The minimum atomic E-state index is -4.02. The molecule has 2 aromatic rings. The van der Waals surface area contributed by atoms with E-state index in [1.165, 1.54) is 0 Å². The summed E-state index contributed by atoms with van der Waals surface area (Å²) in [7, 11) is -8.03. The lowest BCUT2D eigenvalue weighted by atomic mass is 9.95. The lowest BCUT2D eigenvalue weighted by Gasteiger charge is -2.17. The third-order valence-electron chi connectivity index (χ3n) is 4.72. The van der Waals surface area contributed by atoms with Gasteiger partial charge in [-0.25, -0.2) is 0 Å². The highest BCUT2D eigenvalue weighted by Crippen LogP contribution is 2.32. The quantitative estimate of drug-likeness (QED) is 0.423. The molecular weight excluding hydrogens is 428 g/mol. The van der Waals surface area contributed by atoms with Crippen LogP contribution in [0.25, 0.3) is 11.1 Å². The van der Waals surface area contributed by atoms with E-state index >= 15 is 0 Å². The van der Waals surface area contributed by atoms with Crippen LogP contribution in [0.4, 0.5) is 11.4 Å². The standard InChI is InChI=1S/C20H28N2O6S2/c1-13-9-17(10-14(2)19(13)21-5-7-29(23,24)25)18-11-15(3)20(16(4)12-18)22-6-8-30(26,27)28/h9-12,21-22H,5-8H2,1-4H3,(H,23,24,25)(H,26,27,28). The fourth-order valence-electron chi connectivity index (χ4n) is 3.43. The van der Waals surface area contributed by atoms with Crippen LogP contribution in [0.5, 0.6) is 0 Å². The molecule has 4 N–H and O–H groups in total. The Morgan fingerprint density at radius 1 is 0.633 bits per heavy atom. The molecule has 30 heavy (non-hydrogen) atoms. The highest BCUT2D eigenvalue weighted by atomic mass is 32.2. The maximum atomic E-state index is 10.9. The van der Waals surface area contributed by atoms with Crippen molar-refractivity contribution in [2.75, 3.05) is 35.2 Å². The largest absolute Gasteiger partial charge is 0.384 e. The molecule has 0 amide bonds. The number of benzene rings is 2. The van der Waals surface area contributed by atoms with E-state index < -0.39 is 20.2 Å². The number of nitrogens with one attached hydrogen (secondary N) is 2. The SMILES string of the molecule is Cc1cc(-c2cc(C)c(NCCS(=O)(=O)O)c(C)c2)cc(C)c1NCCS(=O)(=O)O. The Morgan fingerprint density at radius 3 is 1.13 bits per heavy atom. The first-order chi connectivity index (χ1) is 13.8. The van der Waals surface area contributed by atoms with Crippen LogP contribution in [0.1, 0.15) is 22.3 Å². The van der Waals surface area contributed by atoms with Gasteiger partial charge in [0.15, 0.2) is 0 Å². The van der Waals surface area contributed by atoms with Gasteiger partial charge >= 0.3 is 0 Å². The topological polar surface area (TPSA) is 133 Å². The predicted molar refractivity (Wildman–Crippen MR) is 121 cm³/mol. The first-order valence-electron chi connectivity index (χ1n) is 9.38. The van der Waals surface area contributed by atoms with E-state index in [4.69, 9.17) is 9.11 Å². The van der Waals surface area contributed by atoms with Crippen LogP contribution < -0.4 is 10.6 Å². The molecule has 0 bridgehead atoms. The smallest absolute Gasteiger partial charge is 0.266 e. The summed E-state index contributed by atoms with van der Waals surface area (Å²) in [5, 5.41) is 6.13. The number of aryl methyl sites for hydroxylation is 4. The van der Waals surface area contributed by atoms with E-state index in [0.29, 0.717) is 0 Å². The lowest BCUT2D eigenvalue weighted by Crippen LogP contribution is -2.16. The number of hydrogen-bond acceptors (Lipinski definition) is 6. The van der Waals surface area contributed by atoms with Crippen molar-refractivity contribution >= 4 is 31.6 Å². The van der Waals surface area contributed by atoms with Crippen molar-refractivity contribution in [3.05, 3.63) is 46.5 Å². The van der Waals surface area contributed by atoms with E-state index in [2.05, 4.69) is 10.6 Å². The maximum Gasteiger partial charge on any atom is 0.266 e. The Hall–Kier alpha value is -2.14. The summed E-state index contributed by atoms with van der Waals surface area (Å²) >= 11 is 0. The summed E-state index contributed by atoms with van der Waals surface area (Å²) in [4.78, 5) is 0. The molecule has 0 heterocycles. The summed E-state index contributed by atoms with van der Waals surface area (Å²) in [5.41, 5.74) is 7.47. The molecule has 0 aliphatic carbocycles. The van der Waals surface area contributed by atoms with Crippen LogP contribution in [0.15, 0.2) is 24.3 Å². The fourth-order valence-corrected chi connectivity index (χ4v) is 4.15. The summed E-state index contributed by atoms with van der Waals surface area (Å²) < 4.78 is 61.4. The van der Waals surface area contributed by atoms with Gasteiger partial charge in [0.05, 0.1) is 11.5 Å². The average molecular weight is 457 g/mol. The zero-order valence-corrected chi connectivity index (χ0v) is 19.1. The molecule has 0 aliphatic heterocycles. The van der Waals surface area contributed by atoms with Crippen molar-refractivity contribution in [2.24, 2.45) is 0 Å². The van der Waals surface area contributed by atoms with Crippen LogP contribution in [0.2, 0.25) is 0 Å². The van der Waals surface area contributed by atoms with E-state index in [1.807, 2.05) is 52.0 Å². The van der Waals surface area contributed by atoms with Gasteiger partial charge in [0.2, 0.25) is 0 Å². The first-order valence-corrected chi connectivity index (χ1v) is 12.6. The van der Waals surface area contributed by atoms with Gasteiger partial charge in [0.1, 0.15) is 0 Å². The Bertz CT molecular complexity index is 1000. The molecule has 0 atom stereocenters. The minimum Gasteiger partial charge on any atom is -0.384 e. The highest BCUT2D eigenvalue weighted by Gasteiger charge is 2.12. The Labute approximate surface area is 178 Å². The molecule has 8 nitrogen and oxygen atoms in total. The van der Waals surface area contributed by atoms with Gasteiger partial charge in [0, 0.05) is 24.5 Å². The maximum absolute atomic E-state index is 10.9. The average Bonchev–Trinajstić information content (AvgIpc) is 2.57. The monoisotopic (exact) mass is 456 g/mol. The molecule has 2 rings (SSSR count). The third-order valence-corrected chi connectivity index (χ3v) is 6.16. The Balaban J connectivity index is 2.25. The molecule has 2 aromatic carbocycles. The van der Waals surface area contributed by atoms with Gasteiger partial charge in [-0.3, -0.25) is 9.11 Å². The molecular formula is C20H28N2O6S2. The molecule has 0 saturated heterocycles. The molecule has 0 aromatic heterocycles. The number of anilines is 2. The first kappa shape index (κ1) is 24.1. The van der Waals surface area contributed by atoms with E-state index in [9.17, 15) is 16.8 Å². The van der Waals surface area contributed by atoms with Crippen LogP contribution in [0, 0.1) is 27.7 Å². The molecule has 0 fully saturated rings. The lowest BCUT2D eigenvalue weighted by molar-refractivity contribution is 0.481. The van der Waals surface area contributed by atoms with Crippen molar-refractivity contribution in [3.8, 4) is 11.1 Å². The fraction of sp³-hybridized carbons (Fsp3) is 0.400. The molecule has 0 spiro atoms. The van der Waals surface area contributed by atoms with Crippen LogP contribution >= 0.6 is 0 Å². The van der Waals surface area contributed by atoms with Crippen molar-refractivity contribution in [1.29, 1.82) is 0 Å². The molecule has 0 saturated carbocycles. The van der Waals surface area contributed by atoms with Gasteiger partial charge in [-0.15, -0.1) is 0 Å². The normalized spacial score (nSPS) is 12.1. The molecule has 0 unspecified atom stereocenters. The second-order valence-corrected chi connectivity index (χ2v) is 10.5. The van der Waals surface area contributed by atoms with Crippen molar-refractivity contribution in [1.82, 2.24) is 0 Å². The third kappa shape index (κ3) is 6.98. The van der Waals surface area contributed by atoms with Crippen molar-refractivity contribution in [2.45, 2.75) is 27.7 Å². The Morgan fingerprint density at radius 2 is 0.900 bits per heavy atom. The van der Waals surface area contributed by atoms with E-state index in [-0.39, 0.29) is 24.6 Å². The van der Waals surface area contributed by atoms with Crippen molar-refractivity contribution < 1.29 is 25.9 Å². The second kappa shape index (κ2) is 9.34. The second-order valence-electron chi connectivity index (χ2n) is 7.40. The zero-order chi connectivity index (χ0) is 22.7. The number of rotatable bonds is 9. The van der Waals surface area contributed by atoms with Crippen LogP contribution in [0.3, 0.4) is 0 Å². The molecule has 166 valence electrons. The van der Waals surface area contributed by atoms with Crippen LogP contribution in [-0.2, 0) is 20.2 Å². The highest BCUT2D eigenvalue weighted by molar-refractivity contribution is 7.86. The molecule has 0 aliphatic rings. The summed E-state index contributed by atoms with van der Waals surface area (Å²) in [6, 6.07) is 8.01. The summed E-state index contributed by atoms with van der Waals surface area (Å²) in [5.74, 6) is -0.726. The van der Waals surface area contributed by atoms with E-state index in [1.54, 1.807) is 0 Å². The zero-order valence-electron chi connectivity index (χ0n) is 17.5. The van der Waals surface area contributed by atoms with Gasteiger partial charge in [-0.05, 0) is 85.3 Å².